The molecular formula is C6H8F2O3P+. The maximum atomic E-state index is 12.2. The van der Waals surface area contributed by atoms with Crippen LogP contribution in [0, 0.1) is 0 Å². The summed E-state index contributed by atoms with van der Waals surface area (Å²) >= 11 is 0. The monoisotopic (exact) mass is 197 g/mol. The molecule has 0 aliphatic carbocycles. The Hall–Kier alpha value is -0.640. The zero-order valence-corrected chi connectivity index (χ0v) is 7.05. The fourth-order valence-electron chi connectivity index (χ4n) is 0.275. The molecule has 0 amide bonds. The smallest absolute Gasteiger partial charge is 0.206 e. The molecule has 0 radical (unpaired) electrons. The van der Waals surface area contributed by atoms with Crippen LogP contribution in [-0.2, 0) is 13.6 Å². The summed E-state index contributed by atoms with van der Waals surface area (Å²) in [6, 6.07) is 0. The van der Waals surface area contributed by atoms with Gasteiger partial charge in [-0.1, -0.05) is 22.2 Å². The molecule has 0 N–H and O–H groups in total. The van der Waals surface area contributed by atoms with Crippen LogP contribution in [0.1, 0.15) is 0 Å². The first-order valence-electron chi connectivity index (χ1n) is 2.94. The lowest BCUT2D eigenvalue weighted by Gasteiger charge is -1.92. The standard InChI is InChI=1S/C6H8F2O3P/c1-3-5(7)10-12(9)11-6(8)4-2/h3-6H,1-2H2/q+1. The van der Waals surface area contributed by atoms with E-state index in [4.69, 9.17) is 0 Å². The van der Waals surface area contributed by atoms with Crippen LogP contribution in [-0.4, -0.2) is 12.7 Å². The molecule has 12 heavy (non-hydrogen) atoms. The molecular weight excluding hydrogens is 189 g/mol. The van der Waals surface area contributed by atoms with E-state index in [9.17, 15) is 13.3 Å². The zero-order valence-electron chi connectivity index (χ0n) is 6.15. The molecule has 0 aliphatic heterocycles. The molecule has 0 fully saturated rings. The zero-order chi connectivity index (χ0) is 9.56. The number of rotatable bonds is 6. The van der Waals surface area contributed by atoms with Crippen LogP contribution < -0.4 is 0 Å². The highest BCUT2D eigenvalue weighted by Gasteiger charge is 2.29. The minimum atomic E-state index is -2.81. The van der Waals surface area contributed by atoms with Gasteiger partial charge in [-0.2, -0.15) is 0 Å². The van der Waals surface area contributed by atoms with Crippen LogP contribution in [0.4, 0.5) is 8.78 Å². The van der Waals surface area contributed by atoms with Gasteiger partial charge in [-0.3, -0.25) is 0 Å². The minimum absolute atomic E-state index is 0.762. The maximum Gasteiger partial charge on any atom is 0.704 e. The van der Waals surface area contributed by atoms with E-state index in [-0.39, 0.29) is 0 Å². The molecule has 0 saturated heterocycles. The van der Waals surface area contributed by atoms with Gasteiger partial charge in [-0.15, -0.1) is 0 Å². The van der Waals surface area contributed by atoms with Crippen LogP contribution in [0.5, 0.6) is 0 Å². The highest BCUT2D eigenvalue weighted by molar-refractivity contribution is 7.33. The lowest BCUT2D eigenvalue weighted by molar-refractivity contribution is 0.0563. The number of halogens is 2. The van der Waals surface area contributed by atoms with Crippen LogP contribution in [0.25, 0.3) is 0 Å². The van der Waals surface area contributed by atoms with Crippen LogP contribution in [0.15, 0.2) is 25.3 Å². The fraction of sp³-hybridized carbons (Fsp3) is 0.333. The normalized spacial score (nSPS) is 16.3. The first-order chi connectivity index (χ1) is 5.60. The molecule has 0 aromatic carbocycles. The maximum absolute atomic E-state index is 12.2. The van der Waals surface area contributed by atoms with E-state index in [1.807, 2.05) is 0 Å². The van der Waals surface area contributed by atoms with E-state index >= 15 is 0 Å². The third-order valence-corrected chi connectivity index (χ3v) is 1.49. The summed E-state index contributed by atoms with van der Waals surface area (Å²) in [6.07, 6.45) is -2.33. The summed E-state index contributed by atoms with van der Waals surface area (Å²) in [6.45, 7) is 6.03. The molecule has 0 aromatic heterocycles. The first-order valence-corrected chi connectivity index (χ1v) is 4.03. The summed E-state index contributed by atoms with van der Waals surface area (Å²) < 4.78 is 42.9. The molecule has 0 saturated carbocycles. The summed E-state index contributed by atoms with van der Waals surface area (Å²) in [5.41, 5.74) is 0. The van der Waals surface area contributed by atoms with Crippen molar-refractivity contribution in [1.29, 1.82) is 0 Å². The van der Waals surface area contributed by atoms with Crippen LogP contribution in [0.3, 0.4) is 0 Å². The van der Waals surface area contributed by atoms with Gasteiger partial charge in [0.25, 0.3) is 12.7 Å². The Morgan fingerprint density at radius 2 is 1.50 bits per heavy atom. The Kier molecular flexibility index (Phi) is 5.62. The predicted molar refractivity (Wildman–Crippen MR) is 40.0 cm³/mol. The predicted octanol–water partition coefficient (Wildman–Crippen LogP) is 2.64. The summed E-state index contributed by atoms with van der Waals surface area (Å²) in [5.74, 6) is 0. The van der Waals surface area contributed by atoms with Crippen molar-refractivity contribution in [2.24, 2.45) is 0 Å². The van der Waals surface area contributed by atoms with Gasteiger partial charge in [0.05, 0.1) is 0 Å². The highest BCUT2D eigenvalue weighted by Crippen LogP contribution is 2.29. The number of hydrogen-bond acceptors (Lipinski definition) is 3. The second-order valence-corrected chi connectivity index (χ2v) is 2.48. The average molecular weight is 197 g/mol. The molecule has 0 heterocycles. The second-order valence-electron chi connectivity index (χ2n) is 1.61. The van der Waals surface area contributed by atoms with Gasteiger partial charge in [0.2, 0.25) is 0 Å². The third kappa shape index (κ3) is 5.07. The molecule has 0 bridgehead atoms. The summed E-state index contributed by atoms with van der Waals surface area (Å²) in [7, 11) is -2.81. The van der Waals surface area contributed by atoms with E-state index in [1.54, 1.807) is 0 Å². The lowest BCUT2D eigenvalue weighted by Crippen LogP contribution is -2.00. The molecule has 3 nitrogen and oxygen atoms in total. The lowest BCUT2D eigenvalue weighted by atomic mass is 10.7. The molecule has 0 aliphatic rings. The Morgan fingerprint density at radius 3 is 1.75 bits per heavy atom. The Labute approximate surface area is 69.6 Å². The van der Waals surface area contributed by atoms with E-state index in [0.717, 1.165) is 12.2 Å². The molecule has 0 rings (SSSR count). The molecule has 6 heteroatoms. The number of alkyl halides is 2. The molecule has 0 spiro atoms. The minimum Gasteiger partial charge on any atom is -0.206 e. The van der Waals surface area contributed by atoms with Crippen molar-refractivity contribution in [2.75, 3.05) is 0 Å². The molecule has 0 aromatic rings. The van der Waals surface area contributed by atoms with Crippen LogP contribution in [0.2, 0.25) is 0 Å². The van der Waals surface area contributed by atoms with Gasteiger partial charge in [0.15, 0.2) is 0 Å². The Balaban J connectivity index is 3.73. The molecule has 68 valence electrons. The first kappa shape index (κ1) is 11.4. The molecule has 2 unspecified atom stereocenters. The van der Waals surface area contributed by atoms with Crippen molar-refractivity contribution < 1.29 is 22.4 Å². The topological polar surface area (TPSA) is 35.5 Å². The van der Waals surface area contributed by atoms with E-state index in [2.05, 4.69) is 22.2 Å². The summed E-state index contributed by atoms with van der Waals surface area (Å²) in [4.78, 5) is 0. The fourth-order valence-corrected chi connectivity index (χ4v) is 0.826. The van der Waals surface area contributed by atoms with E-state index in [1.165, 1.54) is 0 Å². The van der Waals surface area contributed by atoms with Gasteiger partial charge in [-0.05, 0) is 12.2 Å². The van der Waals surface area contributed by atoms with Gasteiger partial charge in [0, 0.05) is 4.57 Å². The van der Waals surface area contributed by atoms with Crippen molar-refractivity contribution in [2.45, 2.75) is 12.7 Å². The van der Waals surface area contributed by atoms with Gasteiger partial charge in [-0.25, -0.2) is 8.78 Å². The van der Waals surface area contributed by atoms with Crippen LogP contribution >= 0.6 is 8.25 Å². The van der Waals surface area contributed by atoms with Crippen molar-refractivity contribution >= 4 is 8.25 Å². The Morgan fingerprint density at radius 1 is 1.17 bits per heavy atom. The number of hydrogen-bond donors (Lipinski definition) is 0. The second kappa shape index (κ2) is 5.94. The van der Waals surface area contributed by atoms with Gasteiger partial charge >= 0.3 is 8.25 Å². The summed E-state index contributed by atoms with van der Waals surface area (Å²) in [5, 5.41) is 0. The van der Waals surface area contributed by atoms with E-state index in [0.29, 0.717) is 0 Å². The molecule has 2 atom stereocenters. The van der Waals surface area contributed by atoms with E-state index < -0.39 is 21.0 Å². The third-order valence-electron chi connectivity index (χ3n) is 0.744. The van der Waals surface area contributed by atoms with Crippen molar-refractivity contribution in [3.8, 4) is 0 Å². The highest BCUT2D eigenvalue weighted by atomic mass is 31.1. The van der Waals surface area contributed by atoms with Crippen molar-refractivity contribution in [1.82, 2.24) is 0 Å². The quantitative estimate of drug-likeness (QED) is 0.485. The largest absolute Gasteiger partial charge is 0.704 e. The van der Waals surface area contributed by atoms with Crippen molar-refractivity contribution in [3.05, 3.63) is 25.3 Å². The Bertz CT molecular complexity index is 168. The van der Waals surface area contributed by atoms with Gasteiger partial charge < -0.3 is 0 Å². The van der Waals surface area contributed by atoms with Gasteiger partial charge in [0.1, 0.15) is 0 Å². The van der Waals surface area contributed by atoms with Crippen molar-refractivity contribution in [3.63, 3.8) is 0 Å². The SMILES string of the molecule is C=CC(F)O[P+](=O)OC(F)C=C. The average Bonchev–Trinajstić information content (AvgIpc) is 2.03.